The SMILES string of the molecule is Cc1cccc(NS(=O)(=O)c2cc(C(=O)NCCCN(C)C)ccc2Cl)c1. The fourth-order valence-corrected chi connectivity index (χ4v) is 4.04. The van der Waals surface area contributed by atoms with Gasteiger partial charge in [0, 0.05) is 17.8 Å². The minimum absolute atomic E-state index is 0.0549. The summed E-state index contributed by atoms with van der Waals surface area (Å²) >= 11 is 6.09. The summed E-state index contributed by atoms with van der Waals surface area (Å²) < 4.78 is 27.9. The van der Waals surface area contributed by atoms with Gasteiger partial charge in [0.1, 0.15) is 4.90 Å². The molecule has 0 saturated carbocycles. The molecule has 0 fully saturated rings. The Labute approximate surface area is 165 Å². The van der Waals surface area contributed by atoms with Gasteiger partial charge in [0.2, 0.25) is 0 Å². The predicted octanol–water partition coefficient (Wildman–Crippen LogP) is 3.13. The Balaban J connectivity index is 2.17. The molecule has 2 aromatic carbocycles. The van der Waals surface area contributed by atoms with Gasteiger partial charge in [0.25, 0.3) is 15.9 Å². The topological polar surface area (TPSA) is 78.5 Å². The van der Waals surface area contributed by atoms with Crippen molar-refractivity contribution in [2.24, 2.45) is 0 Å². The lowest BCUT2D eigenvalue weighted by Gasteiger charge is -2.12. The molecule has 0 aromatic heterocycles. The average Bonchev–Trinajstić information content (AvgIpc) is 2.58. The first-order valence-corrected chi connectivity index (χ1v) is 10.4. The van der Waals surface area contributed by atoms with Crippen molar-refractivity contribution >= 4 is 33.2 Å². The number of carbonyl (C=O) groups excluding carboxylic acids is 1. The van der Waals surface area contributed by atoms with E-state index in [9.17, 15) is 13.2 Å². The number of hydrogen-bond acceptors (Lipinski definition) is 4. The van der Waals surface area contributed by atoms with Gasteiger partial charge in [-0.2, -0.15) is 0 Å². The van der Waals surface area contributed by atoms with Crippen LogP contribution < -0.4 is 10.0 Å². The second kappa shape index (κ2) is 9.21. The van der Waals surface area contributed by atoms with Gasteiger partial charge >= 0.3 is 0 Å². The standard InChI is InChI=1S/C19H24ClN3O3S/c1-14-6-4-7-16(12-14)22-27(25,26)18-13-15(8-9-17(18)20)19(24)21-10-5-11-23(2)3/h4,6-9,12-13,22H,5,10-11H2,1-3H3,(H,21,24). The number of anilines is 1. The highest BCUT2D eigenvalue weighted by Crippen LogP contribution is 2.25. The molecule has 6 nitrogen and oxygen atoms in total. The fourth-order valence-electron chi connectivity index (χ4n) is 2.47. The molecule has 8 heteroatoms. The molecular weight excluding hydrogens is 386 g/mol. The van der Waals surface area contributed by atoms with Crippen LogP contribution in [-0.2, 0) is 10.0 Å². The summed E-state index contributed by atoms with van der Waals surface area (Å²) in [5.74, 6) is -0.336. The van der Waals surface area contributed by atoms with Crippen molar-refractivity contribution in [3.05, 3.63) is 58.6 Å². The molecule has 0 heterocycles. The molecule has 2 aromatic rings. The highest BCUT2D eigenvalue weighted by Gasteiger charge is 2.20. The first-order chi connectivity index (χ1) is 12.7. The Morgan fingerprint density at radius 1 is 1.15 bits per heavy atom. The second-order valence-electron chi connectivity index (χ2n) is 6.53. The second-order valence-corrected chi connectivity index (χ2v) is 8.59. The monoisotopic (exact) mass is 409 g/mol. The van der Waals surface area contributed by atoms with Crippen LogP contribution in [0.1, 0.15) is 22.3 Å². The summed E-state index contributed by atoms with van der Waals surface area (Å²) in [5, 5.41) is 2.84. The molecule has 0 aliphatic rings. The zero-order valence-corrected chi connectivity index (χ0v) is 17.2. The van der Waals surface area contributed by atoms with E-state index in [4.69, 9.17) is 11.6 Å². The lowest BCUT2D eigenvalue weighted by molar-refractivity contribution is 0.0952. The molecular formula is C19H24ClN3O3S. The largest absolute Gasteiger partial charge is 0.352 e. The summed E-state index contributed by atoms with van der Waals surface area (Å²) in [5.41, 5.74) is 1.60. The molecule has 2 N–H and O–H groups in total. The summed E-state index contributed by atoms with van der Waals surface area (Å²) in [6, 6.07) is 11.2. The number of benzene rings is 2. The van der Waals surface area contributed by atoms with E-state index in [2.05, 4.69) is 10.0 Å². The van der Waals surface area contributed by atoms with Gasteiger partial charge in [-0.15, -0.1) is 0 Å². The number of hydrogen-bond donors (Lipinski definition) is 2. The molecule has 0 unspecified atom stereocenters. The van der Waals surface area contributed by atoms with Crippen LogP contribution in [0.3, 0.4) is 0 Å². The lowest BCUT2D eigenvalue weighted by atomic mass is 10.2. The molecule has 1 amide bonds. The molecule has 0 spiro atoms. The number of rotatable bonds is 8. The molecule has 0 saturated heterocycles. The molecule has 2 rings (SSSR count). The lowest BCUT2D eigenvalue weighted by Crippen LogP contribution is -2.27. The van der Waals surface area contributed by atoms with Gasteiger partial charge in [0.05, 0.1) is 5.02 Å². The van der Waals surface area contributed by atoms with Crippen molar-refractivity contribution < 1.29 is 13.2 Å². The van der Waals surface area contributed by atoms with Gasteiger partial charge in [-0.1, -0.05) is 23.7 Å². The van der Waals surface area contributed by atoms with Crippen LogP contribution >= 0.6 is 11.6 Å². The molecule has 0 aliphatic carbocycles. The van der Waals surface area contributed by atoms with Gasteiger partial charge in [-0.25, -0.2) is 8.42 Å². The Morgan fingerprint density at radius 3 is 2.56 bits per heavy atom. The number of halogens is 1. The molecule has 0 aliphatic heterocycles. The van der Waals surface area contributed by atoms with Crippen LogP contribution in [0.2, 0.25) is 5.02 Å². The Hall–Kier alpha value is -2.09. The third-order valence-electron chi connectivity index (χ3n) is 3.82. The van der Waals surface area contributed by atoms with Gasteiger partial charge in [-0.05, 0) is 69.9 Å². The summed E-state index contributed by atoms with van der Waals surface area (Å²) in [6.07, 6.45) is 0.798. The van der Waals surface area contributed by atoms with E-state index in [-0.39, 0.29) is 21.4 Å². The summed E-state index contributed by atoms with van der Waals surface area (Å²) in [7, 11) is -0.00636. The van der Waals surface area contributed by atoms with Crippen molar-refractivity contribution in [1.82, 2.24) is 10.2 Å². The number of amides is 1. The maximum Gasteiger partial charge on any atom is 0.263 e. The molecule has 146 valence electrons. The van der Waals surface area contributed by atoms with E-state index < -0.39 is 10.0 Å². The van der Waals surface area contributed by atoms with Gasteiger partial charge in [0.15, 0.2) is 0 Å². The van der Waals surface area contributed by atoms with E-state index in [0.717, 1.165) is 18.5 Å². The molecule has 0 atom stereocenters. The maximum atomic E-state index is 12.7. The summed E-state index contributed by atoms with van der Waals surface area (Å²) in [4.78, 5) is 14.2. The highest BCUT2D eigenvalue weighted by molar-refractivity contribution is 7.92. The van der Waals surface area contributed by atoms with E-state index >= 15 is 0 Å². The summed E-state index contributed by atoms with van der Waals surface area (Å²) in [6.45, 7) is 3.22. The van der Waals surface area contributed by atoms with Crippen molar-refractivity contribution in [3.8, 4) is 0 Å². The van der Waals surface area contributed by atoms with Crippen LogP contribution in [-0.4, -0.2) is 46.4 Å². The number of carbonyl (C=O) groups is 1. The number of sulfonamides is 1. The first kappa shape index (κ1) is 21.2. The van der Waals surface area contributed by atoms with Crippen LogP contribution in [0, 0.1) is 6.92 Å². The van der Waals surface area contributed by atoms with Crippen LogP contribution in [0.5, 0.6) is 0 Å². The highest BCUT2D eigenvalue weighted by atomic mass is 35.5. The van der Waals surface area contributed by atoms with E-state index in [1.165, 1.54) is 18.2 Å². The Morgan fingerprint density at radius 2 is 1.89 bits per heavy atom. The molecule has 0 radical (unpaired) electrons. The molecule has 0 bridgehead atoms. The number of nitrogens with one attached hydrogen (secondary N) is 2. The number of nitrogens with zero attached hydrogens (tertiary/aromatic N) is 1. The fraction of sp³-hybridized carbons (Fsp3) is 0.316. The van der Waals surface area contributed by atoms with Crippen molar-refractivity contribution in [2.75, 3.05) is 31.9 Å². The average molecular weight is 410 g/mol. The normalized spacial score (nSPS) is 11.4. The van der Waals surface area contributed by atoms with Gasteiger partial charge in [-0.3, -0.25) is 9.52 Å². The predicted molar refractivity (Wildman–Crippen MR) is 109 cm³/mol. The van der Waals surface area contributed by atoms with E-state index in [1.807, 2.05) is 32.0 Å². The van der Waals surface area contributed by atoms with Crippen LogP contribution in [0.15, 0.2) is 47.4 Å². The third-order valence-corrected chi connectivity index (χ3v) is 5.68. The van der Waals surface area contributed by atoms with Crippen molar-refractivity contribution in [2.45, 2.75) is 18.2 Å². The number of aryl methyl sites for hydroxylation is 1. The van der Waals surface area contributed by atoms with Gasteiger partial charge < -0.3 is 10.2 Å². The zero-order chi connectivity index (χ0) is 20.0. The Kier molecular flexibility index (Phi) is 7.24. The zero-order valence-electron chi connectivity index (χ0n) is 15.6. The van der Waals surface area contributed by atoms with Crippen LogP contribution in [0.4, 0.5) is 5.69 Å². The third kappa shape index (κ3) is 6.23. The first-order valence-electron chi connectivity index (χ1n) is 8.51. The van der Waals surface area contributed by atoms with E-state index in [1.54, 1.807) is 18.2 Å². The van der Waals surface area contributed by atoms with Crippen molar-refractivity contribution in [1.29, 1.82) is 0 Å². The van der Waals surface area contributed by atoms with E-state index in [0.29, 0.717) is 12.2 Å². The Bertz CT molecular complexity index is 914. The quantitative estimate of drug-likeness (QED) is 0.656. The maximum absolute atomic E-state index is 12.7. The van der Waals surface area contributed by atoms with Crippen molar-refractivity contribution in [3.63, 3.8) is 0 Å². The minimum Gasteiger partial charge on any atom is -0.352 e. The minimum atomic E-state index is -3.92. The smallest absolute Gasteiger partial charge is 0.263 e. The molecule has 27 heavy (non-hydrogen) atoms. The van der Waals surface area contributed by atoms with Crippen LogP contribution in [0.25, 0.3) is 0 Å².